The van der Waals surface area contributed by atoms with Crippen molar-refractivity contribution in [3.8, 4) is 0 Å². The highest BCUT2D eigenvalue weighted by atomic mass is 32.2. The minimum atomic E-state index is -5.85. The Bertz CT molecular complexity index is 1700. The van der Waals surface area contributed by atoms with Gasteiger partial charge >= 0.3 is 17.8 Å². The van der Waals surface area contributed by atoms with Gasteiger partial charge in [0, 0.05) is 20.9 Å². The summed E-state index contributed by atoms with van der Waals surface area (Å²) in [6, 6.07) is 5.22. The van der Waals surface area contributed by atoms with Gasteiger partial charge in [-0.25, -0.2) is 16.8 Å². The van der Waals surface area contributed by atoms with Crippen LogP contribution < -0.4 is 0 Å². The van der Waals surface area contributed by atoms with Crippen molar-refractivity contribution < 1.29 is 52.3 Å². The molecule has 0 saturated heterocycles. The van der Waals surface area contributed by atoms with Crippen LogP contribution in [0.15, 0.2) is 67.1 Å². The molecule has 2 aromatic carbocycles. The third-order valence-electron chi connectivity index (χ3n) is 7.68. The number of thioether (sulfide) groups is 2. The van der Waals surface area contributed by atoms with Gasteiger partial charge in [-0.05, 0) is 60.4 Å². The number of fused-ring (bicyclic) bond motifs is 8. The summed E-state index contributed by atoms with van der Waals surface area (Å²) in [5.74, 6) is -16.6. The summed E-state index contributed by atoms with van der Waals surface area (Å²) in [6.45, 7) is 2.69. The maximum atomic E-state index is 15.5. The molecule has 0 amide bonds. The first-order valence-electron chi connectivity index (χ1n) is 10.8. The molecule has 0 bridgehead atoms. The molecule has 16 heteroatoms. The highest BCUT2D eigenvalue weighted by Crippen LogP contribution is 2.78. The Morgan fingerprint density at radius 1 is 0.615 bits per heavy atom. The van der Waals surface area contributed by atoms with Crippen molar-refractivity contribution in [2.75, 3.05) is 0 Å². The normalized spacial score (nSPS) is 29.6. The largest absolute Gasteiger partial charge is 0.744 e. The number of hydrogen-bond acceptors (Lipinski definition) is 8. The second-order valence-corrected chi connectivity index (χ2v) is 15.4. The zero-order chi connectivity index (χ0) is 28.9. The molecule has 0 spiro atoms. The Morgan fingerprint density at radius 2 is 0.949 bits per heavy atom. The van der Waals surface area contributed by atoms with Gasteiger partial charge in [-0.3, -0.25) is 0 Å². The molecule has 0 aromatic heterocycles. The Labute approximate surface area is 226 Å². The number of alkyl halides is 6. The number of halogens is 6. The van der Waals surface area contributed by atoms with E-state index in [9.17, 15) is 34.7 Å². The van der Waals surface area contributed by atoms with Crippen LogP contribution in [0.3, 0.4) is 0 Å². The monoisotopic (exact) mass is 626 g/mol. The average Bonchev–Trinajstić information content (AvgIpc) is 3.30. The third kappa shape index (κ3) is 3.04. The number of benzene rings is 2. The summed E-state index contributed by atoms with van der Waals surface area (Å²) in [7, 11) is -10.0. The van der Waals surface area contributed by atoms with Gasteiger partial charge in [-0.15, -0.1) is 23.5 Å². The Morgan fingerprint density at radius 3 is 1.26 bits per heavy atom. The van der Waals surface area contributed by atoms with Gasteiger partial charge in [-0.1, -0.05) is 12.1 Å². The van der Waals surface area contributed by atoms with Crippen LogP contribution in [0.1, 0.15) is 25.0 Å². The van der Waals surface area contributed by atoms with Crippen LogP contribution in [0.4, 0.5) is 26.3 Å². The molecule has 2 heterocycles. The topological polar surface area (TPSA) is 114 Å². The van der Waals surface area contributed by atoms with Crippen molar-refractivity contribution in [2.45, 2.75) is 60.7 Å². The molecule has 39 heavy (non-hydrogen) atoms. The molecule has 0 N–H and O–H groups in total. The Hall–Kier alpha value is -1.98. The number of allylic oxidation sites excluding steroid dienone is 2. The minimum Gasteiger partial charge on any atom is -0.744 e. The molecular formula is C23H12F6O6S4-2. The lowest BCUT2D eigenvalue weighted by molar-refractivity contribution is -0.257. The van der Waals surface area contributed by atoms with Crippen molar-refractivity contribution in [3.05, 3.63) is 58.7 Å². The predicted octanol–water partition coefficient (Wildman–Crippen LogP) is 5.36. The molecule has 208 valence electrons. The molecule has 1 fully saturated rings. The molecule has 6 rings (SSSR count). The number of hydrogen-bond donors (Lipinski definition) is 0. The maximum absolute atomic E-state index is 15.5. The first-order chi connectivity index (χ1) is 17.6. The number of rotatable bonds is 2. The molecule has 2 unspecified atom stereocenters. The van der Waals surface area contributed by atoms with Crippen LogP contribution in [-0.4, -0.2) is 53.2 Å². The highest BCUT2D eigenvalue weighted by Gasteiger charge is 2.84. The lowest BCUT2D eigenvalue weighted by Gasteiger charge is -2.47. The summed E-state index contributed by atoms with van der Waals surface area (Å²) >= 11 is 1.48. The van der Waals surface area contributed by atoms with Crippen LogP contribution in [0.2, 0.25) is 0 Å². The molecule has 2 aliphatic carbocycles. The maximum Gasteiger partial charge on any atom is 0.380 e. The molecular weight excluding hydrogens is 615 g/mol. The fourth-order valence-electron chi connectivity index (χ4n) is 5.76. The van der Waals surface area contributed by atoms with Gasteiger partial charge in [0.15, 0.2) is 0 Å². The molecule has 2 aromatic rings. The second kappa shape index (κ2) is 7.26. The van der Waals surface area contributed by atoms with Gasteiger partial charge in [0.05, 0.1) is 19.3 Å². The summed E-state index contributed by atoms with van der Waals surface area (Å²) in [6.07, 6.45) is 0. The molecule has 2 aliphatic heterocycles. The SMILES string of the molecule is CC12Sc3cc(S(=O)(=O)[O-])ccc3C1=C1C(=C3c4ccc(S(=O)(=O)[O-])cc4SC32C)C(F)(F)C(F)(F)C1(F)F. The van der Waals surface area contributed by atoms with E-state index in [1.165, 1.54) is 13.8 Å². The van der Waals surface area contributed by atoms with E-state index in [2.05, 4.69) is 0 Å². The van der Waals surface area contributed by atoms with E-state index in [4.69, 9.17) is 0 Å². The summed E-state index contributed by atoms with van der Waals surface area (Å²) in [5, 5.41) is 0. The fraction of sp³-hybridized carbons (Fsp3) is 0.304. The summed E-state index contributed by atoms with van der Waals surface area (Å²) < 4.78 is 158. The van der Waals surface area contributed by atoms with Crippen LogP contribution >= 0.6 is 23.5 Å². The van der Waals surface area contributed by atoms with Crippen molar-refractivity contribution in [1.29, 1.82) is 0 Å². The van der Waals surface area contributed by atoms with E-state index in [-0.39, 0.29) is 20.9 Å². The first kappa shape index (κ1) is 27.2. The van der Waals surface area contributed by atoms with E-state index in [1.807, 2.05) is 0 Å². The first-order valence-corrected chi connectivity index (χ1v) is 15.3. The van der Waals surface area contributed by atoms with Crippen molar-refractivity contribution in [1.82, 2.24) is 0 Å². The van der Waals surface area contributed by atoms with Crippen LogP contribution in [-0.2, 0) is 20.2 Å². The van der Waals surface area contributed by atoms with Gasteiger partial charge < -0.3 is 9.11 Å². The summed E-state index contributed by atoms with van der Waals surface area (Å²) in [4.78, 5) is -1.62. The smallest absolute Gasteiger partial charge is 0.380 e. The molecule has 2 atom stereocenters. The molecule has 1 saturated carbocycles. The van der Waals surface area contributed by atoms with Gasteiger partial charge in [0.25, 0.3) is 0 Å². The Kier molecular flexibility index (Phi) is 5.06. The van der Waals surface area contributed by atoms with E-state index in [1.54, 1.807) is 0 Å². The fourth-order valence-corrected chi connectivity index (χ4v) is 10.2. The zero-order valence-corrected chi connectivity index (χ0v) is 22.6. The molecule has 4 aliphatic rings. The van der Waals surface area contributed by atoms with Crippen LogP contribution in [0, 0.1) is 0 Å². The third-order valence-corrected chi connectivity index (χ3v) is 12.6. The van der Waals surface area contributed by atoms with Crippen LogP contribution in [0.5, 0.6) is 0 Å². The molecule has 0 radical (unpaired) electrons. The van der Waals surface area contributed by atoms with Gasteiger partial charge in [0.2, 0.25) is 0 Å². The van der Waals surface area contributed by atoms with Crippen LogP contribution in [0.25, 0.3) is 11.1 Å². The second-order valence-electron chi connectivity index (χ2n) is 9.72. The molecule has 6 nitrogen and oxygen atoms in total. The average molecular weight is 627 g/mol. The van der Waals surface area contributed by atoms with Gasteiger partial charge in [-0.2, -0.15) is 26.3 Å². The Balaban J connectivity index is 1.77. The van der Waals surface area contributed by atoms with E-state index >= 15 is 17.6 Å². The van der Waals surface area contributed by atoms with Crippen molar-refractivity contribution in [3.63, 3.8) is 0 Å². The minimum absolute atomic E-state index is 0.0764. The van der Waals surface area contributed by atoms with E-state index in [0.29, 0.717) is 0 Å². The summed E-state index contributed by atoms with van der Waals surface area (Å²) in [5.41, 5.74) is -4.78. The van der Waals surface area contributed by atoms with Crippen molar-refractivity contribution in [2.24, 2.45) is 0 Å². The predicted molar refractivity (Wildman–Crippen MR) is 126 cm³/mol. The highest BCUT2D eigenvalue weighted by molar-refractivity contribution is 8.06. The quantitative estimate of drug-likeness (QED) is 0.323. The standard InChI is InChI=1S/C23H14F6O6S4/c1-19-15(11-5-3-9(38(30,31)32)7-13(11)36-19)17-18(22(26,27)23(28,29)21(17,24)25)16-12-6-4-10(39(33,34)35)8-14(12)37-20(16,19)2/h3-8H,1-2H3,(H,30,31,32)(H,33,34,35)/p-2. The lowest BCUT2D eigenvalue weighted by Crippen LogP contribution is -2.47. The lowest BCUT2D eigenvalue weighted by atomic mass is 9.68. The van der Waals surface area contributed by atoms with E-state index < -0.39 is 79.6 Å². The van der Waals surface area contributed by atoms with Crippen molar-refractivity contribution >= 4 is 54.9 Å². The zero-order valence-electron chi connectivity index (χ0n) is 19.3. The van der Waals surface area contributed by atoms with Gasteiger partial charge in [0.1, 0.15) is 20.2 Å². The van der Waals surface area contributed by atoms with E-state index in [0.717, 1.165) is 59.9 Å².